The molecule has 0 saturated heterocycles. The summed E-state index contributed by atoms with van der Waals surface area (Å²) < 4.78 is 4.69. The first kappa shape index (κ1) is 28.8. The van der Waals surface area contributed by atoms with Crippen LogP contribution in [-0.4, -0.2) is 19.1 Å². The largest absolute Gasteiger partial charge is 0.309 e. The first-order valence-electron chi connectivity index (χ1n) is 17.7. The molecule has 0 saturated carbocycles. The van der Waals surface area contributed by atoms with Crippen molar-refractivity contribution in [3.05, 3.63) is 182 Å². The normalized spacial score (nSPS) is 11.8. The third-order valence-corrected chi connectivity index (χ3v) is 10.5. The zero-order valence-electron chi connectivity index (χ0n) is 28.1. The molecule has 0 amide bonds. The van der Waals surface area contributed by atoms with E-state index in [-0.39, 0.29) is 0 Å². The van der Waals surface area contributed by atoms with E-state index in [2.05, 4.69) is 161 Å². The van der Waals surface area contributed by atoms with Gasteiger partial charge in [0.2, 0.25) is 0 Å². The Balaban J connectivity index is 1.16. The Hall–Kier alpha value is -7.04. The molecule has 0 atom stereocenters. The fourth-order valence-electron chi connectivity index (χ4n) is 8.14. The number of rotatable bonds is 4. The van der Waals surface area contributed by atoms with Gasteiger partial charge in [0.25, 0.3) is 0 Å². The van der Waals surface area contributed by atoms with Crippen LogP contribution >= 0.6 is 0 Å². The van der Waals surface area contributed by atoms with Crippen molar-refractivity contribution in [2.75, 3.05) is 0 Å². The van der Waals surface area contributed by atoms with Crippen molar-refractivity contribution < 1.29 is 0 Å². The van der Waals surface area contributed by atoms with Crippen LogP contribution < -0.4 is 0 Å². The Morgan fingerprint density at radius 3 is 1.71 bits per heavy atom. The first-order valence-corrected chi connectivity index (χ1v) is 17.7. The molecule has 8 aromatic carbocycles. The minimum absolute atomic E-state index is 0.825. The van der Waals surface area contributed by atoms with E-state index in [1.807, 2.05) is 30.3 Å². The Labute approximate surface area is 299 Å². The maximum Gasteiger partial charge on any atom is 0.165 e. The van der Waals surface area contributed by atoms with Crippen LogP contribution in [0.3, 0.4) is 0 Å². The topological polar surface area (TPSA) is 35.6 Å². The summed E-state index contributed by atoms with van der Waals surface area (Å²) in [6.07, 6.45) is 0. The number of para-hydroxylation sites is 4. The molecule has 0 aliphatic heterocycles. The fourth-order valence-corrected chi connectivity index (χ4v) is 8.14. The number of fused-ring (bicyclic) bond motifs is 9. The van der Waals surface area contributed by atoms with Gasteiger partial charge in [-0.1, -0.05) is 121 Å². The van der Waals surface area contributed by atoms with Crippen molar-refractivity contribution in [2.24, 2.45) is 0 Å². The maximum atomic E-state index is 5.29. The summed E-state index contributed by atoms with van der Waals surface area (Å²) in [6.45, 7) is 0. The van der Waals surface area contributed by atoms with E-state index in [1.54, 1.807) is 0 Å². The summed E-state index contributed by atoms with van der Waals surface area (Å²) in [5.74, 6) is 0.825. The van der Waals surface area contributed by atoms with Gasteiger partial charge in [-0.15, -0.1) is 0 Å². The molecule has 0 N–H and O–H groups in total. The van der Waals surface area contributed by atoms with Gasteiger partial charge in [0.1, 0.15) is 5.69 Å². The van der Waals surface area contributed by atoms with Crippen LogP contribution in [0.2, 0.25) is 0 Å². The van der Waals surface area contributed by atoms with Gasteiger partial charge in [0, 0.05) is 32.8 Å². The van der Waals surface area contributed by atoms with Crippen molar-refractivity contribution in [3.63, 3.8) is 0 Å². The molecule has 0 radical (unpaired) electrons. The highest BCUT2D eigenvalue weighted by Crippen LogP contribution is 2.41. The lowest BCUT2D eigenvalue weighted by Gasteiger charge is -2.14. The Morgan fingerprint density at radius 1 is 0.346 bits per heavy atom. The number of aromatic nitrogens is 4. The molecule has 4 heteroatoms. The van der Waals surface area contributed by atoms with Crippen molar-refractivity contribution >= 4 is 65.4 Å². The number of benzene rings is 8. The van der Waals surface area contributed by atoms with Gasteiger partial charge in [-0.2, -0.15) is 0 Å². The smallest absolute Gasteiger partial charge is 0.165 e. The van der Waals surface area contributed by atoms with Crippen molar-refractivity contribution in [1.82, 2.24) is 19.1 Å². The fraction of sp³-hybridized carbons (Fsp3) is 0. The van der Waals surface area contributed by atoms with Gasteiger partial charge in [0.15, 0.2) is 5.82 Å². The van der Waals surface area contributed by atoms with E-state index in [0.717, 1.165) is 44.8 Å². The summed E-state index contributed by atoms with van der Waals surface area (Å²) in [6, 6.07) is 64.9. The molecule has 0 unspecified atom stereocenters. The van der Waals surface area contributed by atoms with E-state index in [0.29, 0.717) is 0 Å². The van der Waals surface area contributed by atoms with E-state index >= 15 is 0 Å². The summed E-state index contributed by atoms with van der Waals surface area (Å²) in [7, 11) is 0. The monoisotopic (exact) mass is 662 g/mol. The summed E-state index contributed by atoms with van der Waals surface area (Å²) in [4.78, 5) is 10.5. The molecule has 52 heavy (non-hydrogen) atoms. The van der Waals surface area contributed by atoms with Gasteiger partial charge < -0.3 is 4.57 Å². The highest BCUT2D eigenvalue weighted by Gasteiger charge is 2.20. The highest BCUT2D eigenvalue weighted by atomic mass is 15.1. The average molecular weight is 663 g/mol. The Bertz CT molecular complexity index is 3170. The quantitative estimate of drug-likeness (QED) is 0.188. The highest BCUT2D eigenvalue weighted by molar-refractivity contribution is 6.22. The van der Waals surface area contributed by atoms with Gasteiger partial charge in [-0.05, 0) is 82.6 Å². The van der Waals surface area contributed by atoms with Crippen LogP contribution in [0.25, 0.3) is 99.3 Å². The van der Waals surface area contributed by atoms with Crippen LogP contribution in [0.15, 0.2) is 182 Å². The van der Waals surface area contributed by atoms with Crippen LogP contribution in [0.5, 0.6) is 0 Å². The van der Waals surface area contributed by atoms with E-state index in [4.69, 9.17) is 9.97 Å². The minimum atomic E-state index is 0.825. The zero-order chi connectivity index (χ0) is 34.2. The van der Waals surface area contributed by atoms with Crippen molar-refractivity contribution in [3.8, 4) is 33.9 Å². The second-order valence-electron chi connectivity index (χ2n) is 13.4. The zero-order valence-corrected chi connectivity index (χ0v) is 28.1. The molecule has 242 valence electrons. The standard InChI is InChI=1S/C48H30N4/c1-3-14-32(15-4-1)47-48(50-41-21-11-10-20-40(41)49-47)52-42-22-12-9-19-37(42)38-29-33(24-26-43(38)52)34-25-27-44-39(30-34)46-36-18-8-7-13-31(36)23-28-45(46)51(44)35-16-5-2-6-17-35/h1-30H. The van der Waals surface area contributed by atoms with E-state index in [1.165, 1.54) is 54.5 Å². The SMILES string of the molecule is c1ccc(-c2nc3ccccc3nc2-n2c3ccccc3c3cc(-c4ccc5c(c4)c4c6ccccc6ccc4n5-c4ccccc4)ccc32)cc1. The lowest BCUT2D eigenvalue weighted by molar-refractivity contribution is 1.08. The van der Waals surface area contributed by atoms with Gasteiger partial charge in [-0.25, -0.2) is 9.97 Å². The number of hydrogen-bond acceptors (Lipinski definition) is 2. The van der Waals surface area contributed by atoms with Crippen LogP contribution in [0.4, 0.5) is 0 Å². The third kappa shape index (κ3) is 4.28. The van der Waals surface area contributed by atoms with Crippen molar-refractivity contribution in [2.45, 2.75) is 0 Å². The summed E-state index contributed by atoms with van der Waals surface area (Å²) in [5, 5.41) is 7.39. The third-order valence-electron chi connectivity index (χ3n) is 10.5. The molecule has 0 fully saturated rings. The van der Waals surface area contributed by atoms with E-state index < -0.39 is 0 Å². The molecule has 11 rings (SSSR count). The first-order chi connectivity index (χ1) is 25.8. The predicted molar refractivity (Wildman–Crippen MR) is 217 cm³/mol. The van der Waals surface area contributed by atoms with Gasteiger partial charge >= 0.3 is 0 Å². The van der Waals surface area contributed by atoms with E-state index in [9.17, 15) is 0 Å². The average Bonchev–Trinajstić information content (AvgIpc) is 3.73. The number of hydrogen-bond donors (Lipinski definition) is 0. The second-order valence-corrected chi connectivity index (χ2v) is 13.4. The maximum absolute atomic E-state index is 5.29. The van der Waals surface area contributed by atoms with Crippen LogP contribution in [-0.2, 0) is 0 Å². The van der Waals surface area contributed by atoms with Crippen LogP contribution in [0.1, 0.15) is 0 Å². The molecular weight excluding hydrogens is 633 g/mol. The molecule has 4 nitrogen and oxygen atoms in total. The minimum Gasteiger partial charge on any atom is -0.309 e. The second kappa shape index (κ2) is 11.2. The predicted octanol–water partition coefficient (Wildman–Crippen LogP) is 12.3. The molecule has 11 aromatic rings. The van der Waals surface area contributed by atoms with Crippen molar-refractivity contribution in [1.29, 1.82) is 0 Å². The molecule has 0 bridgehead atoms. The van der Waals surface area contributed by atoms with Crippen LogP contribution in [0, 0.1) is 0 Å². The molecule has 3 aromatic heterocycles. The summed E-state index contributed by atoms with van der Waals surface area (Å²) >= 11 is 0. The number of nitrogens with zero attached hydrogens (tertiary/aromatic N) is 4. The molecule has 0 aliphatic rings. The molecular formula is C48H30N4. The lowest BCUT2D eigenvalue weighted by atomic mass is 9.99. The summed E-state index contributed by atoms with van der Waals surface area (Å²) in [5.41, 5.74) is 11.8. The van der Waals surface area contributed by atoms with Gasteiger partial charge in [-0.3, -0.25) is 4.57 Å². The lowest BCUT2D eigenvalue weighted by Crippen LogP contribution is -2.03. The molecule has 0 spiro atoms. The molecule has 0 aliphatic carbocycles. The Morgan fingerprint density at radius 2 is 0.923 bits per heavy atom. The molecule has 3 heterocycles. The Kier molecular flexibility index (Phi) is 6.22. The van der Waals surface area contributed by atoms with Gasteiger partial charge in [0.05, 0.1) is 33.1 Å².